The quantitative estimate of drug-likeness (QED) is 0.580. The summed E-state index contributed by atoms with van der Waals surface area (Å²) in [6, 6.07) is 14.4. The van der Waals surface area contributed by atoms with E-state index in [1.165, 1.54) is 4.31 Å². The van der Waals surface area contributed by atoms with E-state index in [9.17, 15) is 8.42 Å². The van der Waals surface area contributed by atoms with Crippen LogP contribution in [0.15, 0.2) is 53.4 Å². The maximum Gasteiger partial charge on any atom is 0.243 e. The summed E-state index contributed by atoms with van der Waals surface area (Å²) >= 11 is 0. The number of methoxy groups -OCH3 is 1. The van der Waals surface area contributed by atoms with Crippen LogP contribution in [0, 0.1) is 0 Å². The molecule has 29 heavy (non-hydrogen) atoms. The van der Waals surface area contributed by atoms with Gasteiger partial charge in [-0.15, -0.1) is 0 Å². The number of para-hydroxylation sites is 1. The van der Waals surface area contributed by atoms with Crippen molar-refractivity contribution in [2.24, 2.45) is 0 Å². The lowest BCUT2D eigenvalue weighted by Gasteiger charge is -2.31. The van der Waals surface area contributed by atoms with Crippen LogP contribution < -0.4 is 9.64 Å². The van der Waals surface area contributed by atoms with Gasteiger partial charge in [-0.3, -0.25) is 0 Å². The number of rotatable bonds is 9. The minimum atomic E-state index is -3.62. The number of benzene rings is 2. The summed E-state index contributed by atoms with van der Waals surface area (Å²) < 4.78 is 43.3. The summed E-state index contributed by atoms with van der Waals surface area (Å²) in [7, 11) is -0.408. The second kappa shape index (κ2) is 10.1. The lowest BCUT2D eigenvalue weighted by atomic mass is 10.1. The van der Waals surface area contributed by atoms with Gasteiger partial charge in [0.2, 0.25) is 10.0 Å². The van der Waals surface area contributed by atoms with Gasteiger partial charge < -0.3 is 19.1 Å². The van der Waals surface area contributed by atoms with E-state index in [-0.39, 0.29) is 4.90 Å². The molecule has 8 heteroatoms. The van der Waals surface area contributed by atoms with E-state index in [2.05, 4.69) is 4.90 Å². The smallest absolute Gasteiger partial charge is 0.243 e. The number of hydrogen-bond acceptors (Lipinski definition) is 6. The SMILES string of the molecule is COCCOc1ccc(S(=O)(=O)N(C)Cc2ccccc2N2CCOCC2)cc1. The standard InChI is InChI=1S/C21H28N2O5S/c1-22(17-18-5-3-4-6-21(18)23-11-13-27-14-12-23)29(24,25)20-9-7-19(8-10-20)28-16-15-26-2/h3-10H,11-17H2,1-2H3. The molecule has 0 amide bonds. The first-order valence-electron chi connectivity index (χ1n) is 9.61. The highest BCUT2D eigenvalue weighted by Gasteiger charge is 2.23. The highest BCUT2D eigenvalue weighted by Crippen LogP contribution is 2.25. The fraction of sp³-hybridized carbons (Fsp3) is 0.429. The fourth-order valence-electron chi connectivity index (χ4n) is 3.21. The van der Waals surface area contributed by atoms with E-state index in [0.717, 1.165) is 24.3 Å². The molecule has 0 saturated carbocycles. The van der Waals surface area contributed by atoms with Gasteiger partial charge in [-0.2, -0.15) is 4.31 Å². The Morgan fingerprint density at radius 3 is 2.41 bits per heavy atom. The molecule has 1 fully saturated rings. The zero-order valence-corrected chi connectivity index (χ0v) is 17.7. The van der Waals surface area contributed by atoms with Crippen LogP contribution in [0.4, 0.5) is 5.69 Å². The second-order valence-electron chi connectivity index (χ2n) is 6.80. The Morgan fingerprint density at radius 2 is 1.72 bits per heavy atom. The molecule has 0 unspecified atom stereocenters. The van der Waals surface area contributed by atoms with Crippen molar-refractivity contribution in [3.8, 4) is 5.75 Å². The summed E-state index contributed by atoms with van der Waals surface area (Å²) in [6.45, 7) is 4.16. The van der Waals surface area contributed by atoms with Gasteiger partial charge in [0.1, 0.15) is 12.4 Å². The summed E-state index contributed by atoms with van der Waals surface area (Å²) in [4.78, 5) is 2.48. The molecule has 158 valence electrons. The van der Waals surface area contributed by atoms with E-state index >= 15 is 0 Å². The molecule has 3 rings (SSSR count). The second-order valence-corrected chi connectivity index (χ2v) is 8.85. The molecule has 2 aromatic carbocycles. The van der Waals surface area contributed by atoms with Gasteiger partial charge >= 0.3 is 0 Å². The molecule has 0 N–H and O–H groups in total. The van der Waals surface area contributed by atoms with Crippen LogP contribution in [-0.4, -0.2) is 66.4 Å². The molecule has 0 spiro atoms. The van der Waals surface area contributed by atoms with Crippen molar-refractivity contribution in [2.75, 3.05) is 58.6 Å². The maximum absolute atomic E-state index is 13.0. The first kappa shape index (κ1) is 21.6. The van der Waals surface area contributed by atoms with Crippen LogP contribution in [0.25, 0.3) is 0 Å². The van der Waals surface area contributed by atoms with Crippen molar-refractivity contribution in [2.45, 2.75) is 11.4 Å². The third-order valence-electron chi connectivity index (χ3n) is 4.82. The van der Waals surface area contributed by atoms with Crippen LogP contribution in [0.3, 0.4) is 0 Å². The average Bonchev–Trinajstić information content (AvgIpc) is 2.75. The van der Waals surface area contributed by atoms with Gasteiger partial charge in [-0.25, -0.2) is 8.42 Å². The molecule has 2 aromatic rings. The van der Waals surface area contributed by atoms with Gasteiger partial charge in [0.15, 0.2) is 0 Å². The minimum absolute atomic E-state index is 0.239. The van der Waals surface area contributed by atoms with Crippen molar-refractivity contribution >= 4 is 15.7 Å². The molecule has 0 radical (unpaired) electrons. The van der Waals surface area contributed by atoms with Gasteiger partial charge in [0.25, 0.3) is 0 Å². The topological polar surface area (TPSA) is 68.3 Å². The summed E-state index contributed by atoms with van der Waals surface area (Å²) in [5.41, 5.74) is 2.03. The number of anilines is 1. The number of sulfonamides is 1. The third kappa shape index (κ3) is 5.48. The normalized spacial score (nSPS) is 14.9. The van der Waals surface area contributed by atoms with Crippen molar-refractivity contribution in [3.63, 3.8) is 0 Å². The molecule has 0 bridgehead atoms. The van der Waals surface area contributed by atoms with E-state index in [0.29, 0.717) is 38.7 Å². The molecule has 1 saturated heterocycles. The van der Waals surface area contributed by atoms with Crippen LogP contribution in [0.1, 0.15) is 5.56 Å². The molecule has 1 aliphatic heterocycles. The Bertz CT molecular complexity index is 880. The Balaban J connectivity index is 1.72. The molecule has 1 heterocycles. The van der Waals surface area contributed by atoms with Crippen LogP contribution in [0.5, 0.6) is 5.75 Å². The zero-order valence-electron chi connectivity index (χ0n) is 16.9. The van der Waals surface area contributed by atoms with Crippen LogP contribution >= 0.6 is 0 Å². The first-order valence-corrected chi connectivity index (χ1v) is 11.0. The van der Waals surface area contributed by atoms with Crippen LogP contribution in [0.2, 0.25) is 0 Å². The highest BCUT2D eigenvalue weighted by atomic mass is 32.2. The van der Waals surface area contributed by atoms with Crippen LogP contribution in [-0.2, 0) is 26.0 Å². The minimum Gasteiger partial charge on any atom is -0.491 e. The van der Waals surface area contributed by atoms with Gasteiger partial charge in [-0.05, 0) is 35.9 Å². The van der Waals surface area contributed by atoms with Crippen molar-refractivity contribution < 1.29 is 22.6 Å². The number of nitrogens with zero attached hydrogens (tertiary/aromatic N) is 2. The lowest BCUT2D eigenvalue weighted by Crippen LogP contribution is -2.37. The van der Waals surface area contributed by atoms with E-state index in [4.69, 9.17) is 14.2 Å². The Labute approximate surface area is 172 Å². The Kier molecular flexibility index (Phi) is 7.49. The molecular weight excluding hydrogens is 392 g/mol. The van der Waals surface area contributed by atoms with E-state index in [1.807, 2.05) is 24.3 Å². The number of morpholine rings is 1. The fourth-order valence-corrected chi connectivity index (χ4v) is 4.36. The predicted molar refractivity (Wildman–Crippen MR) is 112 cm³/mol. The zero-order chi connectivity index (χ0) is 20.7. The van der Waals surface area contributed by atoms with E-state index < -0.39 is 10.0 Å². The molecular formula is C21H28N2O5S. The molecule has 7 nitrogen and oxygen atoms in total. The Morgan fingerprint density at radius 1 is 1.03 bits per heavy atom. The largest absolute Gasteiger partial charge is 0.491 e. The molecule has 0 aromatic heterocycles. The highest BCUT2D eigenvalue weighted by molar-refractivity contribution is 7.89. The lowest BCUT2D eigenvalue weighted by molar-refractivity contribution is 0.122. The third-order valence-corrected chi connectivity index (χ3v) is 6.64. The van der Waals surface area contributed by atoms with Gasteiger partial charge in [0, 0.05) is 39.5 Å². The first-order chi connectivity index (χ1) is 14.0. The number of hydrogen-bond donors (Lipinski definition) is 0. The van der Waals surface area contributed by atoms with Gasteiger partial charge in [-0.1, -0.05) is 18.2 Å². The summed E-state index contributed by atoms with van der Waals surface area (Å²) in [5, 5.41) is 0. The van der Waals surface area contributed by atoms with Crippen molar-refractivity contribution in [1.29, 1.82) is 0 Å². The van der Waals surface area contributed by atoms with Crippen molar-refractivity contribution in [3.05, 3.63) is 54.1 Å². The average molecular weight is 421 g/mol. The van der Waals surface area contributed by atoms with E-state index in [1.54, 1.807) is 38.4 Å². The number of ether oxygens (including phenoxy) is 3. The summed E-state index contributed by atoms with van der Waals surface area (Å²) in [5.74, 6) is 0.612. The Hall–Kier alpha value is -2.13. The molecule has 1 aliphatic rings. The molecule has 0 aliphatic carbocycles. The molecule has 0 atom stereocenters. The predicted octanol–water partition coefficient (Wildman–Crippen LogP) is 2.37. The maximum atomic E-state index is 13.0. The van der Waals surface area contributed by atoms with Crippen molar-refractivity contribution in [1.82, 2.24) is 4.31 Å². The summed E-state index contributed by atoms with van der Waals surface area (Å²) in [6.07, 6.45) is 0. The van der Waals surface area contributed by atoms with Gasteiger partial charge in [0.05, 0.1) is 24.7 Å². The monoisotopic (exact) mass is 420 g/mol.